The van der Waals surface area contributed by atoms with Crippen LogP contribution in [0.15, 0.2) is 60.9 Å². The smallest absolute Gasteiger partial charge is 0.344 e. The van der Waals surface area contributed by atoms with E-state index in [9.17, 15) is 9.59 Å². The zero-order valence-corrected chi connectivity index (χ0v) is 13.1. The molecule has 3 aromatic rings. The highest BCUT2D eigenvalue weighted by Crippen LogP contribution is 2.17. The molecule has 0 spiro atoms. The molecule has 0 bridgehead atoms. The Labute approximate surface area is 143 Å². The van der Waals surface area contributed by atoms with Crippen LogP contribution in [0, 0.1) is 0 Å². The van der Waals surface area contributed by atoms with Crippen molar-refractivity contribution in [1.29, 1.82) is 0 Å². The molecule has 0 atom stereocenters. The van der Waals surface area contributed by atoms with Gasteiger partial charge in [-0.1, -0.05) is 30.3 Å². The molecule has 3 rings (SSSR count). The summed E-state index contributed by atoms with van der Waals surface area (Å²) in [5, 5.41) is 0. The zero-order chi connectivity index (χ0) is 17.6. The van der Waals surface area contributed by atoms with Crippen LogP contribution in [0.5, 0.6) is 11.6 Å². The Balaban J connectivity index is 1.62. The molecule has 3 N–H and O–H groups in total. The number of aromatic amines is 1. The molecule has 7 nitrogen and oxygen atoms in total. The summed E-state index contributed by atoms with van der Waals surface area (Å²) in [5.74, 6) is -0.936. The van der Waals surface area contributed by atoms with Crippen molar-refractivity contribution in [1.82, 2.24) is 9.97 Å². The topological polar surface area (TPSA) is 107 Å². The Kier molecular flexibility index (Phi) is 4.75. The van der Waals surface area contributed by atoms with Gasteiger partial charge in [0.25, 0.3) is 11.8 Å². The van der Waals surface area contributed by atoms with Gasteiger partial charge < -0.3 is 20.2 Å². The molecular formula is C18H15N3O4. The summed E-state index contributed by atoms with van der Waals surface area (Å²) in [6.45, 7) is 0.430. The van der Waals surface area contributed by atoms with Gasteiger partial charge in [-0.25, -0.2) is 9.78 Å². The summed E-state index contributed by atoms with van der Waals surface area (Å²) in [4.78, 5) is 29.6. The Morgan fingerprint density at radius 1 is 1.04 bits per heavy atom. The number of nitrogens with one attached hydrogen (secondary N) is 1. The fraction of sp³-hybridized carbons (Fsp3) is 0.0556. The summed E-state index contributed by atoms with van der Waals surface area (Å²) < 4.78 is 10.7. The maximum absolute atomic E-state index is 12.1. The van der Waals surface area contributed by atoms with E-state index in [4.69, 9.17) is 15.2 Å². The molecular weight excluding hydrogens is 322 g/mol. The van der Waals surface area contributed by atoms with Crippen LogP contribution in [0.4, 0.5) is 0 Å². The van der Waals surface area contributed by atoms with Crippen molar-refractivity contribution in [2.75, 3.05) is 0 Å². The van der Waals surface area contributed by atoms with E-state index in [-0.39, 0.29) is 11.6 Å². The lowest BCUT2D eigenvalue weighted by Gasteiger charge is -2.07. The summed E-state index contributed by atoms with van der Waals surface area (Å²) in [7, 11) is 0. The number of amides is 1. The predicted octanol–water partition coefficient (Wildman–Crippen LogP) is 2.31. The van der Waals surface area contributed by atoms with Gasteiger partial charge >= 0.3 is 5.97 Å². The minimum absolute atomic E-state index is 0.0591. The van der Waals surface area contributed by atoms with Crippen molar-refractivity contribution in [3.05, 3.63) is 77.7 Å². The van der Waals surface area contributed by atoms with E-state index in [1.54, 1.807) is 24.3 Å². The number of esters is 1. The summed E-state index contributed by atoms with van der Waals surface area (Å²) >= 11 is 0. The number of hydrogen-bond acceptors (Lipinski definition) is 5. The molecule has 2 aromatic carbocycles. The van der Waals surface area contributed by atoms with Crippen LogP contribution in [-0.4, -0.2) is 21.8 Å². The van der Waals surface area contributed by atoms with E-state index in [0.29, 0.717) is 17.9 Å². The van der Waals surface area contributed by atoms with Gasteiger partial charge in [-0.3, -0.25) is 4.79 Å². The number of nitrogens with zero attached hydrogens (tertiary/aromatic N) is 1. The monoisotopic (exact) mass is 337 g/mol. The fourth-order valence-corrected chi connectivity index (χ4v) is 2.11. The Hall–Kier alpha value is -3.61. The van der Waals surface area contributed by atoms with Crippen LogP contribution in [0.2, 0.25) is 0 Å². The average molecular weight is 337 g/mol. The highest BCUT2D eigenvalue weighted by atomic mass is 16.5. The third-order valence-electron chi connectivity index (χ3n) is 3.38. The first-order valence-corrected chi connectivity index (χ1v) is 7.45. The van der Waals surface area contributed by atoms with Crippen molar-refractivity contribution < 1.29 is 19.1 Å². The second kappa shape index (κ2) is 7.31. The zero-order valence-electron chi connectivity index (χ0n) is 13.1. The van der Waals surface area contributed by atoms with Crippen molar-refractivity contribution >= 4 is 11.9 Å². The minimum Gasteiger partial charge on any atom is -0.489 e. The molecule has 7 heteroatoms. The Morgan fingerprint density at radius 3 is 2.44 bits per heavy atom. The number of ether oxygens (including phenoxy) is 2. The van der Waals surface area contributed by atoms with E-state index < -0.39 is 11.9 Å². The summed E-state index contributed by atoms with van der Waals surface area (Å²) in [6, 6.07) is 16.2. The molecule has 0 radical (unpaired) electrons. The molecule has 1 heterocycles. The van der Waals surface area contributed by atoms with Gasteiger partial charge in [-0.15, -0.1) is 0 Å². The van der Waals surface area contributed by atoms with Gasteiger partial charge in [0, 0.05) is 0 Å². The van der Waals surface area contributed by atoms with Crippen molar-refractivity contribution in [2.24, 2.45) is 5.73 Å². The Bertz CT molecular complexity index is 873. The number of hydrogen-bond donors (Lipinski definition) is 2. The van der Waals surface area contributed by atoms with E-state index in [2.05, 4.69) is 9.97 Å². The Morgan fingerprint density at radius 2 is 1.76 bits per heavy atom. The molecule has 0 aliphatic carbocycles. The van der Waals surface area contributed by atoms with E-state index in [1.165, 1.54) is 6.33 Å². The number of carbonyl (C=O) groups is 2. The first-order chi connectivity index (χ1) is 12.1. The average Bonchev–Trinajstić information content (AvgIpc) is 3.09. The van der Waals surface area contributed by atoms with Crippen LogP contribution in [-0.2, 0) is 6.61 Å². The summed E-state index contributed by atoms with van der Waals surface area (Å²) in [6.07, 6.45) is 1.23. The SMILES string of the molecule is NC(=O)c1[nH]cnc1OC(=O)c1ccc(OCc2ccccc2)cc1. The number of rotatable bonds is 6. The number of H-pyrrole nitrogens is 1. The number of primary amides is 1. The second-order valence-corrected chi connectivity index (χ2v) is 5.14. The lowest BCUT2D eigenvalue weighted by atomic mass is 10.2. The van der Waals surface area contributed by atoms with Gasteiger partial charge in [0.2, 0.25) is 0 Å². The van der Waals surface area contributed by atoms with Crippen LogP contribution in [0.25, 0.3) is 0 Å². The minimum atomic E-state index is -0.759. The number of aromatic nitrogens is 2. The molecule has 0 aliphatic rings. The third kappa shape index (κ3) is 4.03. The fourth-order valence-electron chi connectivity index (χ4n) is 2.11. The lowest BCUT2D eigenvalue weighted by Crippen LogP contribution is -2.16. The van der Waals surface area contributed by atoms with E-state index in [0.717, 1.165) is 5.56 Å². The first kappa shape index (κ1) is 16.3. The highest BCUT2D eigenvalue weighted by molar-refractivity contribution is 5.96. The second-order valence-electron chi connectivity index (χ2n) is 5.14. The molecule has 0 saturated carbocycles. The molecule has 126 valence electrons. The molecule has 0 aliphatic heterocycles. The van der Waals surface area contributed by atoms with Crippen LogP contribution >= 0.6 is 0 Å². The normalized spacial score (nSPS) is 10.2. The molecule has 1 aromatic heterocycles. The quantitative estimate of drug-likeness (QED) is 0.671. The lowest BCUT2D eigenvalue weighted by molar-refractivity contribution is 0.0726. The van der Waals surface area contributed by atoms with Crippen LogP contribution in [0.3, 0.4) is 0 Å². The first-order valence-electron chi connectivity index (χ1n) is 7.45. The van der Waals surface area contributed by atoms with Gasteiger partial charge in [0.15, 0.2) is 5.69 Å². The highest BCUT2D eigenvalue weighted by Gasteiger charge is 2.17. The number of nitrogens with two attached hydrogens (primary N) is 1. The van der Waals surface area contributed by atoms with Crippen molar-refractivity contribution in [3.63, 3.8) is 0 Å². The molecule has 0 unspecified atom stereocenters. The maximum atomic E-state index is 12.1. The van der Waals surface area contributed by atoms with Crippen molar-refractivity contribution in [3.8, 4) is 11.6 Å². The van der Waals surface area contributed by atoms with E-state index >= 15 is 0 Å². The largest absolute Gasteiger partial charge is 0.489 e. The molecule has 0 fully saturated rings. The van der Waals surface area contributed by atoms with Gasteiger partial charge in [0.1, 0.15) is 12.4 Å². The number of benzene rings is 2. The third-order valence-corrected chi connectivity index (χ3v) is 3.38. The maximum Gasteiger partial charge on any atom is 0.344 e. The van der Waals surface area contributed by atoms with Crippen LogP contribution < -0.4 is 15.2 Å². The predicted molar refractivity (Wildman–Crippen MR) is 89.3 cm³/mol. The standard InChI is InChI=1S/C18H15N3O4/c19-16(22)15-17(21-11-20-15)25-18(23)13-6-8-14(9-7-13)24-10-12-4-2-1-3-5-12/h1-9,11H,10H2,(H2,19,22)(H,20,21). The van der Waals surface area contributed by atoms with Crippen LogP contribution in [0.1, 0.15) is 26.4 Å². The number of imidazole rings is 1. The number of carbonyl (C=O) groups excluding carboxylic acids is 2. The molecule has 0 saturated heterocycles. The molecule has 1 amide bonds. The molecule has 25 heavy (non-hydrogen) atoms. The van der Waals surface area contributed by atoms with E-state index in [1.807, 2.05) is 30.3 Å². The van der Waals surface area contributed by atoms with Gasteiger partial charge in [-0.2, -0.15) is 0 Å². The van der Waals surface area contributed by atoms with Crippen molar-refractivity contribution in [2.45, 2.75) is 6.61 Å². The van der Waals surface area contributed by atoms with Gasteiger partial charge in [0.05, 0.1) is 11.9 Å². The van der Waals surface area contributed by atoms with Gasteiger partial charge in [-0.05, 0) is 29.8 Å². The summed E-state index contributed by atoms with van der Waals surface area (Å²) in [5.41, 5.74) is 6.44.